The van der Waals surface area contributed by atoms with E-state index < -0.39 is 0 Å². The van der Waals surface area contributed by atoms with Crippen LogP contribution in [0.25, 0.3) is 11.3 Å². The second-order valence-corrected chi connectivity index (χ2v) is 8.06. The van der Waals surface area contributed by atoms with Crippen molar-refractivity contribution in [2.75, 3.05) is 7.11 Å². The van der Waals surface area contributed by atoms with Gasteiger partial charge in [-0.05, 0) is 55.0 Å². The quantitative estimate of drug-likeness (QED) is 0.431. The smallest absolute Gasteiger partial charge is 0.254 e. The lowest BCUT2D eigenvalue weighted by atomic mass is 9.63. The third-order valence-electron chi connectivity index (χ3n) is 6.09. The molecule has 2 amide bonds. The van der Waals surface area contributed by atoms with Crippen molar-refractivity contribution in [3.05, 3.63) is 53.3 Å². The number of hydrazone groups is 1. The number of carbonyl (C=O) groups is 2. The highest BCUT2D eigenvalue weighted by Crippen LogP contribution is 2.49. The van der Waals surface area contributed by atoms with Gasteiger partial charge in [-0.3, -0.25) is 9.59 Å². The summed E-state index contributed by atoms with van der Waals surface area (Å²) in [6.45, 7) is 0. The molecule has 1 saturated carbocycles. The van der Waals surface area contributed by atoms with Gasteiger partial charge < -0.3 is 9.15 Å². The molecule has 6 rings (SSSR count). The van der Waals surface area contributed by atoms with Gasteiger partial charge in [0.05, 0.1) is 30.7 Å². The fourth-order valence-electron chi connectivity index (χ4n) is 4.73. The van der Waals surface area contributed by atoms with E-state index in [0.717, 1.165) is 17.9 Å². The maximum absolute atomic E-state index is 12.8. The molecule has 4 atom stereocenters. The summed E-state index contributed by atoms with van der Waals surface area (Å²) in [6.07, 6.45) is 7.50. The molecule has 2 aromatic rings. The highest BCUT2D eigenvalue weighted by atomic mass is 35.5. The van der Waals surface area contributed by atoms with Crippen molar-refractivity contribution >= 4 is 29.6 Å². The number of halogens is 1. The van der Waals surface area contributed by atoms with Crippen LogP contribution in [-0.4, -0.2) is 30.1 Å². The van der Waals surface area contributed by atoms with Crippen LogP contribution in [-0.2, 0) is 9.59 Å². The van der Waals surface area contributed by atoms with E-state index in [1.165, 1.54) is 6.21 Å². The second-order valence-electron chi connectivity index (χ2n) is 7.62. The molecule has 6 nitrogen and oxygen atoms in total. The second kappa shape index (κ2) is 6.88. The number of carbonyl (C=O) groups excluding carboxylic acids is 2. The van der Waals surface area contributed by atoms with Crippen LogP contribution in [0.4, 0.5) is 0 Å². The third kappa shape index (κ3) is 2.90. The van der Waals surface area contributed by atoms with Crippen molar-refractivity contribution in [1.82, 2.24) is 5.01 Å². The highest BCUT2D eigenvalue weighted by Gasteiger charge is 2.56. The number of furan rings is 1. The monoisotopic (exact) mass is 410 g/mol. The molecule has 2 heterocycles. The molecule has 1 aromatic heterocycles. The minimum atomic E-state index is -0.272. The Balaban J connectivity index is 1.39. The molecule has 0 unspecified atom stereocenters. The van der Waals surface area contributed by atoms with Gasteiger partial charge in [0.1, 0.15) is 17.3 Å². The lowest BCUT2D eigenvalue weighted by Crippen LogP contribution is -2.38. The summed E-state index contributed by atoms with van der Waals surface area (Å²) in [5.41, 5.74) is 0.710. The third-order valence-corrected chi connectivity index (χ3v) is 6.33. The Hall–Kier alpha value is -2.86. The zero-order valence-corrected chi connectivity index (χ0v) is 16.5. The van der Waals surface area contributed by atoms with Gasteiger partial charge in [0.15, 0.2) is 0 Å². The molecule has 1 saturated heterocycles. The number of benzene rings is 1. The fraction of sp³-hybridized carbons (Fsp3) is 0.318. The number of rotatable bonds is 4. The van der Waals surface area contributed by atoms with Gasteiger partial charge in [0, 0.05) is 5.02 Å². The van der Waals surface area contributed by atoms with Gasteiger partial charge in [-0.25, -0.2) is 0 Å². The van der Waals surface area contributed by atoms with Crippen molar-refractivity contribution in [3.8, 4) is 17.1 Å². The Bertz CT molecular complexity index is 1020. The van der Waals surface area contributed by atoms with Crippen LogP contribution < -0.4 is 4.74 Å². The number of methoxy groups -OCH3 is 1. The number of hydrogen-bond donors (Lipinski definition) is 0. The van der Waals surface area contributed by atoms with Crippen LogP contribution in [0.3, 0.4) is 0 Å². The van der Waals surface area contributed by atoms with Crippen molar-refractivity contribution < 1.29 is 18.7 Å². The average molecular weight is 411 g/mol. The predicted molar refractivity (Wildman–Crippen MR) is 107 cm³/mol. The zero-order chi connectivity index (χ0) is 20.1. The van der Waals surface area contributed by atoms with E-state index in [1.807, 2.05) is 0 Å². The van der Waals surface area contributed by atoms with Crippen molar-refractivity contribution in [2.24, 2.45) is 28.8 Å². The molecule has 0 spiro atoms. The lowest BCUT2D eigenvalue weighted by Gasteiger charge is -2.37. The average Bonchev–Trinajstić information content (AvgIpc) is 3.32. The summed E-state index contributed by atoms with van der Waals surface area (Å²) >= 11 is 6.09. The van der Waals surface area contributed by atoms with Gasteiger partial charge in [-0.2, -0.15) is 10.1 Å². The van der Waals surface area contributed by atoms with Gasteiger partial charge in [0.2, 0.25) is 0 Å². The van der Waals surface area contributed by atoms with E-state index in [-0.39, 0.29) is 35.5 Å². The Labute approximate surface area is 172 Å². The maximum atomic E-state index is 12.8. The number of allylic oxidation sites excluding steroid dienone is 2. The van der Waals surface area contributed by atoms with Gasteiger partial charge in [0.25, 0.3) is 11.8 Å². The molecule has 29 heavy (non-hydrogen) atoms. The number of hydrogen-bond acceptors (Lipinski definition) is 5. The summed E-state index contributed by atoms with van der Waals surface area (Å²) in [6, 6.07) is 8.75. The molecular weight excluding hydrogens is 392 g/mol. The van der Waals surface area contributed by atoms with Gasteiger partial charge in [-0.15, -0.1) is 0 Å². The normalized spacial score (nSPS) is 27.9. The Morgan fingerprint density at radius 2 is 1.79 bits per heavy atom. The summed E-state index contributed by atoms with van der Waals surface area (Å²) in [5.74, 6) is 0.942. The van der Waals surface area contributed by atoms with Crippen LogP contribution in [0.5, 0.6) is 5.75 Å². The van der Waals surface area contributed by atoms with Crippen LogP contribution >= 0.6 is 11.6 Å². The molecule has 3 aliphatic carbocycles. The van der Waals surface area contributed by atoms with E-state index in [2.05, 4.69) is 17.3 Å². The molecule has 0 radical (unpaired) electrons. The van der Waals surface area contributed by atoms with Crippen LogP contribution in [0.2, 0.25) is 5.02 Å². The topological polar surface area (TPSA) is 72.1 Å². The standard InChI is InChI=1S/C22H19ClN2O4/c1-28-17-8-6-14(23)10-16(17)18-9-7-15(29-18)11-24-25-21(26)19-12-2-3-13(5-4-12)20(19)22(25)27/h2-3,6-13,19-20H,4-5H2,1H3/b24-11-/t12-,13-,19-,20+/m0/s1. The lowest BCUT2D eigenvalue weighted by molar-refractivity contribution is -0.140. The maximum Gasteiger partial charge on any atom is 0.254 e. The Morgan fingerprint density at radius 1 is 1.10 bits per heavy atom. The molecule has 2 bridgehead atoms. The van der Waals surface area contributed by atoms with E-state index in [0.29, 0.717) is 27.9 Å². The first-order valence-electron chi connectivity index (χ1n) is 9.60. The molecule has 148 valence electrons. The minimum absolute atomic E-state index is 0.146. The van der Waals surface area contributed by atoms with Crippen LogP contribution in [0.15, 0.2) is 52.0 Å². The predicted octanol–water partition coefficient (Wildman–Crippen LogP) is 4.14. The highest BCUT2D eigenvalue weighted by molar-refractivity contribution is 6.31. The number of ether oxygens (including phenoxy) is 1. The Kier molecular flexibility index (Phi) is 4.32. The summed E-state index contributed by atoms with van der Waals surface area (Å²) < 4.78 is 11.2. The minimum Gasteiger partial charge on any atom is -0.496 e. The van der Waals surface area contributed by atoms with E-state index in [9.17, 15) is 9.59 Å². The SMILES string of the molecule is COc1ccc(Cl)cc1-c1ccc(/C=N\N2C(=O)[C@@H]3[C@H](C2=O)[C@H]2C=C[C@H]3CC2)o1. The van der Waals surface area contributed by atoms with Crippen molar-refractivity contribution in [3.63, 3.8) is 0 Å². The van der Waals surface area contributed by atoms with E-state index >= 15 is 0 Å². The summed E-state index contributed by atoms with van der Waals surface area (Å²) in [5, 5.41) is 5.76. The van der Waals surface area contributed by atoms with Crippen molar-refractivity contribution in [2.45, 2.75) is 12.8 Å². The largest absolute Gasteiger partial charge is 0.496 e. The fourth-order valence-corrected chi connectivity index (χ4v) is 4.90. The number of fused-ring (bicyclic) bond motifs is 1. The van der Waals surface area contributed by atoms with Crippen molar-refractivity contribution in [1.29, 1.82) is 0 Å². The number of imide groups is 1. The van der Waals surface area contributed by atoms with E-state index in [1.54, 1.807) is 37.4 Å². The molecule has 4 aliphatic rings. The summed E-state index contributed by atoms with van der Waals surface area (Å²) in [7, 11) is 1.57. The first-order chi connectivity index (χ1) is 14.1. The van der Waals surface area contributed by atoms with Crippen LogP contribution in [0.1, 0.15) is 18.6 Å². The van der Waals surface area contributed by atoms with Crippen LogP contribution in [0, 0.1) is 23.7 Å². The molecule has 1 aliphatic heterocycles. The molecule has 1 aromatic carbocycles. The van der Waals surface area contributed by atoms with Gasteiger partial charge >= 0.3 is 0 Å². The first-order valence-corrected chi connectivity index (χ1v) is 9.98. The molecular formula is C22H19ClN2O4. The van der Waals surface area contributed by atoms with Gasteiger partial charge in [-0.1, -0.05) is 23.8 Å². The molecule has 0 N–H and O–H groups in total. The number of nitrogens with zero attached hydrogens (tertiary/aromatic N) is 2. The Morgan fingerprint density at radius 3 is 2.41 bits per heavy atom. The van der Waals surface area contributed by atoms with E-state index in [4.69, 9.17) is 20.8 Å². The molecule has 2 fully saturated rings. The zero-order valence-electron chi connectivity index (χ0n) is 15.7. The molecule has 7 heteroatoms. The first kappa shape index (κ1) is 18.2. The number of amides is 2. The summed E-state index contributed by atoms with van der Waals surface area (Å²) in [4.78, 5) is 25.6.